The summed E-state index contributed by atoms with van der Waals surface area (Å²) in [4.78, 5) is 20.9. The zero-order chi connectivity index (χ0) is 15.5. The highest BCUT2D eigenvalue weighted by atomic mass is 16.5. The molecule has 3 aromatic rings. The van der Waals surface area contributed by atoms with E-state index in [1.165, 1.54) is 6.20 Å². The Morgan fingerprint density at radius 2 is 2.14 bits per heavy atom. The van der Waals surface area contributed by atoms with Gasteiger partial charge in [0, 0.05) is 11.9 Å². The van der Waals surface area contributed by atoms with E-state index in [1.807, 2.05) is 31.2 Å². The van der Waals surface area contributed by atoms with Crippen molar-refractivity contribution in [2.24, 2.45) is 0 Å². The molecule has 3 heterocycles. The van der Waals surface area contributed by atoms with Gasteiger partial charge in [-0.05, 0) is 31.5 Å². The zero-order valence-electron chi connectivity index (χ0n) is 12.5. The Balaban J connectivity index is 2.20. The largest absolute Gasteiger partial charge is 0.462 e. The van der Waals surface area contributed by atoms with Crippen molar-refractivity contribution in [3.05, 3.63) is 47.9 Å². The van der Waals surface area contributed by atoms with Crippen molar-refractivity contribution in [2.75, 3.05) is 6.61 Å². The molecule has 0 N–H and O–H groups in total. The number of carbonyl (C=O) groups is 1. The first-order valence-corrected chi connectivity index (χ1v) is 7.20. The van der Waals surface area contributed by atoms with E-state index in [1.54, 1.807) is 17.6 Å². The third-order valence-corrected chi connectivity index (χ3v) is 3.33. The smallest absolute Gasteiger partial charge is 0.343 e. The number of aromatic nitrogens is 4. The van der Waals surface area contributed by atoms with E-state index in [0.29, 0.717) is 17.8 Å². The maximum absolute atomic E-state index is 12.0. The molecule has 0 saturated heterocycles. The van der Waals surface area contributed by atoms with Gasteiger partial charge in [-0.1, -0.05) is 13.0 Å². The number of carbonyl (C=O) groups excluding carboxylic acids is 1. The second kappa shape index (κ2) is 5.93. The van der Waals surface area contributed by atoms with Crippen molar-refractivity contribution < 1.29 is 9.53 Å². The first-order valence-electron chi connectivity index (χ1n) is 7.20. The predicted molar refractivity (Wildman–Crippen MR) is 81.6 cm³/mol. The number of esters is 1. The molecule has 0 aliphatic heterocycles. The van der Waals surface area contributed by atoms with E-state index in [-0.39, 0.29) is 0 Å². The van der Waals surface area contributed by atoms with Crippen LogP contribution in [-0.2, 0) is 11.2 Å². The minimum atomic E-state index is -0.412. The van der Waals surface area contributed by atoms with Gasteiger partial charge in [0.05, 0.1) is 24.2 Å². The summed E-state index contributed by atoms with van der Waals surface area (Å²) in [6.07, 6.45) is 3.99. The normalized spacial score (nSPS) is 10.8. The van der Waals surface area contributed by atoms with Gasteiger partial charge < -0.3 is 4.74 Å². The van der Waals surface area contributed by atoms with Gasteiger partial charge in [0.25, 0.3) is 0 Å². The molecule has 0 fully saturated rings. The predicted octanol–water partition coefficient (Wildman–Crippen LogP) is 2.53. The minimum absolute atomic E-state index is 0.316. The molecule has 0 spiro atoms. The lowest BCUT2D eigenvalue weighted by molar-refractivity contribution is 0.0528. The monoisotopic (exact) mass is 296 g/mol. The summed E-state index contributed by atoms with van der Waals surface area (Å²) in [6, 6.07) is 7.59. The molecular weight excluding hydrogens is 280 g/mol. The first-order chi connectivity index (χ1) is 10.7. The van der Waals surface area contributed by atoms with Gasteiger partial charge in [0.15, 0.2) is 5.65 Å². The molecule has 0 aliphatic carbocycles. The standard InChI is InChI=1S/C16H16N4O2/c1-3-11-9-14(13-7-5-6-8-17-13)19-15-12(10-18-20(11)15)16(21)22-4-2/h5-10H,3-4H2,1-2H3. The van der Waals surface area contributed by atoms with Crippen LogP contribution in [0, 0.1) is 0 Å². The zero-order valence-corrected chi connectivity index (χ0v) is 12.5. The highest BCUT2D eigenvalue weighted by molar-refractivity contribution is 5.95. The molecule has 0 amide bonds. The highest BCUT2D eigenvalue weighted by Crippen LogP contribution is 2.20. The average Bonchev–Trinajstić information content (AvgIpc) is 2.99. The molecule has 22 heavy (non-hydrogen) atoms. The van der Waals surface area contributed by atoms with E-state index < -0.39 is 5.97 Å². The quantitative estimate of drug-likeness (QED) is 0.692. The Morgan fingerprint density at radius 3 is 2.82 bits per heavy atom. The fraction of sp³-hybridized carbons (Fsp3) is 0.250. The Morgan fingerprint density at radius 1 is 1.27 bits per heavy atom. The third-order valence-electron chi connectivity index (χ3n) is 3.33. The van der Waals surface area contributed by atoms with Crippen LogP contribution in [0.15, 0.2) is 36.7 Å². The van der Waals surface area contributed by atoms with Gasteiger partial charge in [0.1, 0.15) is 5.56 Å². The van der Waals surface area contributed by atoms with Gasteiger partial charge in [-0.2, -0.15) is 5.10 Å². The van der Waals surface area contributed by atoms with E-state index in [9.17, 15) is 4.79 Å². The van der Waals surface area contributed by atoms with Crippen LogP contribution in [0.4, 0.5) is 0 Å². The van der Waals surface area contributed by atoms with Crippen LogP contribution in [0.3, 0.4) is 0 Å². The van der Waals surface area contributed by atoms with E-state index in [2.05, 4.69) is 15.1 Å². The van der Waals surface area contributed by atoms with Crippen LogP contribution in [0.25, 0.3) is 17.0 Å². The molecular formula is C16H16N4O2. The lowest BCUT2D eigenvalue weighted by Gasteiger charge is -2.07. The summed E-state index contributed by atoms with van der Waals surface area (Å²) in [5.74, 6) is -0.412. The molecule has 0 atom stereocenters. The Bertz CT molecular complexity index is 812. The summed E-state index contributed by atoms with van der Waals surface area (Å²) in [5.41, 5.74) is 3.31. The SMILES string of the molecule is CCOC(=O)c1cnn2c(CC)cc(-c3ccccn3)nc12. The maximum atomic E-state index is 12.0. The van der Waals surface area contributed by atoms with Crippen LogP contribution in [-0.4, -0.2) is 32.2 Å². The fourth-order valence-corrected chi connectivity index (χ4v) is 2.28. The Hall–Kier alpha value is -2.76. The summed E-state index contributed by atoms with van der Waals surface area (Å²) in [7, 11) is 0. The number of aryl methyl sites for hydroxylation is 1. The van der Waals surface area contributed by atoms with E-state index in [4.69, 9.17) is 4.74 Å². The van der Waals surface area contributed by atoms with Crippen LogP contribution in [0.1, 0.15) is 29.9 Å². The first kappa shape index (κ1) is 14.2. The average molecular weight is 296 g/mol. The van der Waals surface area contributed by atoms with Crippen molar-refractivity contribution in [3.63, 3.8) is 0 Å². The molecule has 0 saturated carbocycles. The lowest BCUT2D eigenvalue weighted by atomic mass is 10.2. The van der Waals surface area contributed by atoms with Gasteiger partial charge >= 0.3 is 5.97 Å². The summed E-state index contributed by atoms with van der Waals surface area (Å²) >= 11 is 0. The molecule has 0 aliphatic rings. The molecule has 112 valence electrons. The van der Waals surface area contributed by atoms with Gasteiger partial charge in [0.2, 0.25) is 0 Å². The topological polar surface area (TPSA) is 69.4 Å². The molecule has 0 unspecified atom stereocenters. The van der Waals surface area contributed by atoms with Crippen molar-refractivity contribution >= 4 is 11.6 Å². The van der Waals surface area contributed by atoms with Crippen LogP contribution in [0.2, 0.25) is 0 Å². The number of nitrogens with zero attached hydrogens (tertiary/aromatic N) is 4. The molecule has 0 radical (unpaired) electrons. The second-order valence-corrected chi connectivity index (χ2v) is 4.72. The van der Waals surface area contributed by atoms with Crippen LogP contribution < -0.4 is 0 Å². The van der Waals surface area contributed by atoms with Crippen molar-refractivity contribution in [1.29, 1.82) is 0 Å². The number of pyridine rings is 1. The van der Waals surface area contributed by atoms with E-state index in [0.717, 1.165) is 23.5 Å². The number of hydrogen-bond acceptors (Lipinski definition) is 5. The fourth-order valence-electron chi connectivity index (χ4n) is 2.28. The van der Waals surface area contributed by atoms with Crippen molar-refractivity contribution in [1.82, 2.24) is 19.6 Å². The number of hydrogen-bond donors (Lipinski definition) is 0. The number of fused-ring (bicyclic) bond motifs is 1. The van der Waals surface area contributed by atoms with Gasteiger partial charge in [-0.25, -0.2) is 14.3 Å². The van der Waals surface area contributed by atoms with Crippen LogP contribution >= 0.6 is 0 Å². The van der Waals surface area contributed by atoms with Gasteiger partial charge in [-0.3, -0.25) is 4.98 Å². The second-order valence-electron chi connectivity index (χ2n) is 4.72. The molecule has 3 rings (SSSR count). The molecule has 3 aromatic heterocycles. The number of ether oxygens (including phenoxy) is 1. The minimum Gasteiger partial charge on any atom is -0.462 e. The third kappa shape index (κ3) is 2.43. The van der Waals surface area contributed by atoms with Crippen LogP contribution in [0.5, 0.6) is 0 Å². The molecule has 6 heteroatoms. The summed E-state index contributed by atoms with van der Waals surface area (Å²) < 4.78 is 6.74. The van der Waals surface area contributed by atoms with Gasteiger partial charge in [-0.15, -0.1) is 0 Å². The lowest BCUT2D eigenvalue weighted by Crippen LogP contribution is -2.07. The Labute approximate surface area is 127 Å². The Kier molecular flexibility index (Phi) is 3.82. The van der Waals surface area contributed by atoms with Crippen molar-refractivity contribution in [2.45, 2.75) is 20.3 Å². The molecule has 0 bridgehead atoms. The number of rotatable bonds is 4. The van der Waals surface area contributed by atoms with E-state index >= 15 is 0 Å². The summed E-state index contributed by atoms with van der Waals surface area (Å²) in [6.45, 7) is 4.12. The van der Waals surface area contributed by atoms with Crippen molar-refractivity contribution in [3.8, 4) is 11.4 Å². The highest BCUT2D eigenvalue weighted by Gasteiger charge is 2.18. The maximum Gasteiger partial charge on any atom is 0.343 e. The molecule has 6 nitrogen and oxygen atoms in total. The summed E-state index contributed by atoms with van der Waals surface area (Å²) in [5, 5.41) is 4.26. The molecule has 0 aromatic carbocycles.